The zero-order valence-electron chi connectivity index (χ0n) is 19.0. The molecular weight excluding hydrogens is 437 g/mol. The molecular formula is C23H29F3N4O3. The number of unbranched alkanes of at least 4 members (excludes halogenated alkanes) is 1. The number of pyridine rings is 1. The number of carbonyl (C=O) groups excluding carboxylic acids is 1. The van der Waals surface area contributed by atoms with E-state index in [1.54, 1.807) is 18.3 Å². The number of carbonyl (C=O) groups is 1. The summed E-state index contributed by atoms with van der Waals surface area (Å²) in [7, 11) is 0. The van der Waals surface area contributed by atoms with Gasteiger partial charge in [-0.15, -0.1) is 13.2 Å². The number of aromatic nitrogens is 1. The number of halogens is 3. The lowest BCUT2D eigenvalue weighted by molar-refractivity contribution is -0.274. The molecule has 0 aliphatic carbocycles. The van der Waals surface area contributed by atoms with Crippen LogP contribution in [0.4, 0.5) is 29.5 Å². The number of ether oxygens (including phenoxy) is 2. The van der Waals surface area contributed by atoms with Gasteiger partial charge in [0, 0.05) is 30.5 Å². The van der Waals surface area contributed by atoms with Crippen LogP contribution in [0.5, 0.6) is 5.75 Å². The fourth-order valence-electron chi connectivity index (χ4n) is 3.62. The van der Waals surface area contributed by atoms with Crippen LogP contribution >= 0.6 is 0 Å². The van der Waals surface area contributed by atoms with Crippen LogP contribution in [0.15, 0.2) is 42.6 Å². The first-order valence-electron chi connectivity index (χ1n) is 10.8. The zero-order valence-corrected chi connectivity index (χ0v) is 19.0. The first kappa shape index (κ1) is 24.6. The third-order valence-electron chi connectivity index (χ3n) is 5.37. The van der Waals surface area contributed by atoms with E-state index in [1.165, 1.54) is 12.1 Å². The van der Waals surface area contributed by atoms with Gasteiger partial charge in [-0.05, 0) is 62.2 Å². The first-order chi connectivity index (χ1) is 15.6. The van der Waals surface area contributed by atoms with Crippen molar-refractivity contribution in [3.05, 3.63) is 48.2 Å². The second-order valence-electron chi connectivity index (χ2n) is 8.56. The Bertz CT molecular complexity index is 935. The lowest BCUT2D eigenvalue weighted by Gasteiger charge is -2.29. The minimum atomic E-state index is -4.71. The molecule has 2 aromatic rings. The molecule has 1 aliphatic heterocycles. The van der Waals surface area contributed by atoms with E-state index < -0.39 is 12.5 Å². The van der Waals surface area contributed by atoms with Crippen molar-refractivity contribution < 1.29 is 27.4 Å². The largest absolute Gasteiger partial charge is 0.573 e. The molecule has 180 valence electrons. The molecule has 0 atom stereocenters. The molecule has 10 heteroatoms. The van der Waals surface area contributed by atoms with Gasteiger partial charge in [0.15, 0.2) is 0 Å². The van der Waals surface area contributed by atoms with Crippen molar-refractivity contribution in [3.8, 4) is 5.75 Å². The molecule has 7 nitrogen and oxygen atoms in total. The van der Waals surface area contributed by atoms with Crippen molar-refractivity contribution >= 4 is 17.6 Å². The van der Waals surface area contributed by atoms with Crippen molar-refractivity contribution in [2.24, 2.45) is 0 Å². The van der Waals surface area contributed by atoms with Crippen LogP contribution in [-0.4, -0.2) is 47.7 Å². The molecule has 1 fully saturated rings. The highest BCUT2D eigenvalue weighted by molar-refractivity contribution is 5.83. The second-order valence-corrected chi connectivity index (χ2v) is 8.56. The van der Waals surface area contributed by atoms with Gasteiger partial charge in [-0.2, -0.15) is 0 Å². The molecule has 0 spiro atoms. The Labute approximate surface area is 191 Å². The van der Waals surface area contributed by atoms with E-state index in [-0.39, 0.29) is 11.3 Å². The Morgan fingerprint density at radius 3 is 2.61 bits per heavy atom. The van der Waals surface area contributed by atoms with Crippen LogP contribution < -0.4 is 15.0 Å². The molecule has 1 aromatic heterocycles. The van der Waals surface area contributed by atoms with Crippen LogP contribution in [0.3, 0.4) is 0 Å². The molecule has 1 amide bonds. The van der Waals surface area contributed by atoms with E-state index in [2.05, 4.69) is 38.7 Å². The summed E-state index contributed by atoms with van der Waals surface area (Å²) >= 11 is 0. The highest BCUT2D eigenvalue weighted by Gasteiger charge is 2.37. The minimum absolute atomic E-state index is 0.183. The lowest BCUT2D eigenvalue weighted by Crippen LogP contribution is -2.39. The second kappa shape index (κ2) is 10.3. The Kier molecular flexibility index (Phi) is 7.68. The Morgan fingerprint density at radius 1 is 1.21 bits per heavy atom. The van der Waals surface area contributed by atoms with Crippen LogP contribution in [0, 0.1) is 0 Å². The third kappa shape index (κ3) is 7.24. The highest BCUT2D eigenvalue weighted by Crippen LogP contribution is 2.32. The highest BCUT2D eigenvalue weighted by atomic mass is 19.4. The maximum Gasteiger partial charge on any atom is 0.573 e. The molecule has 1 saturated heterocycles. The number of alkyl halides is 3. The first-order valence-corrected chi connectivity index (χ1v) is 10.8. The summed E-state index contributed by atoms with van der Waals surface area (Å²) in [6, 6.07) is 9.58. The van der Waals surface area contributed by atoms with Gasteiger partial charge in [0.05, 0.1) is 13.3 Å². The van der Waals surface area contributed by atoms with Crippen molar-refractivity contribution in [2.45, 2.75) is 52.1 Å². The fraction of sp³-hybridized carbons (Fsp3) is 0.478. The molecule has 0 radical (unpaired) electrons. The average molecular weight is 467 g/mol. The Morgan fingerprint density at radius 2 is 1.94 bits per heavy atom. The van der Waals surface area contributed by atoms with Gasteiger partial charge >= 0.3 is 12.5 Å². The van der Waals surface area contributed by atoms with Gasteiger partial charge in [0.25, 0.3) is 0 Å². The average Bonchev–Trinajstić information content (AvgIpc) is 3.02. The molecule has 0 saturated carbocycles. The number of hydrogen-bond acceptors (Lipinski definition) is 6. The summed E-state index contributed by atoms with van der Waals surface area (Å²) in [6.45, 7) is 8.51. The fourth-order valence-corrected chi connectivity index (χ4v) is 3.62. The lowest BCUT2D eigenvalue weighted by atomic mass is 10.0. The van der Waals surface area contributed by atoms with Gasteiger partial charge in [-0.25, -0.2) is 9.78 Å². The van der Waals surface area contributed by atoms with Crippen molar-refractivity contribution in [1.82, 2.24) is 9.88 Å². The topological polar surface area (TPSA) is 66.9 Å². The molecule has 1 aromatic carbocycles. The van der Waals surface area contributed by atoms with E-state index in [4.69, 9.17) is 4.74 Å². The standard InChI is InChI=1S/C23H29F3N4O3/c1-4-5-12-32-21(31)28-20-13-17(10-11-27-20)14-30-16-29(15-22(30,2)3)18-6-8-19(9-7-18)33-23(24,25)26/h6-11,13H,4-5,12,14-16H2,1-3H3,(H,27,28,31). The predicted molar refractivity (Wildman–Crippen MR) is 119 cm³/mol. The van der Waals surface area contributed by atoms with E-state index in [1.807, 2.05) is 19.1 Å². The third-order valence-corrected chi connectivity index (χ3v) is 5.37. The van der Waals surface area contributed by atoms with Crippen molar-refractivity contribution in [3.63, 3.8) is 0 Å². The van der Waals surface area contributed by atoms with Crippen LogP contribution in [-0.2, 0) is 11.3 Å². The molecule has 33 heavy (non-hydrogen) atoms. The molecule has 3 rings (SSSR count). The number of hydrogen-bond donors (Lipinski definition) is 1. The quantitative estimate of drug-likeness (QED) is 0.527. The van der Waals surface area contributed by atoms with E-state index in [9.17, 15) is 18.0 Å². The maximum atomic E-state index is 12.4. The molecule has 1 N–H and O–H groups in total. The summed E-state index contributed by atoms with van der Waals surface area (Å²) < 4.78 is 46.3. The molecule has 2 heterocycles. The number of nitrogens with one attached hydrogen (secondary N) is 1. The van der Waals surface area contributed by atoms with Gasteiger partial charge in [-0.1, -0.05) is 13.3 Å². The predicted octanol–water partition coefficient (Wildman–Crippen LogP) is 5.39. The normalized spacial score (nSPS) is 16.0. The molecule has 0 unspecified atom stereocenters. The van der Waals surface area contributed by atoms with Crippen LogP contribution in [0.25, 0.3) is 0 Å². The Hall–Kier alpha value is -3.01. The van der Waals surface area contributed by atoms with Gasteiger partial charge in [0.1, 0.15) is 11.6 Å². The summed E-state index contributed by atoms with van der Waals surface area (Å²) in [5.41, 5.74) is 1.60. The summed E-state index contributed by atoms with van der Waals surface area (Å²) in [5.74, 6) is 0.176. The molecule has 0 bridgehead atoms. The Balaban J connectivity index is 1.62. The number of benzene rings is 1. The minimum Gasteiger partial charge on any atom is -0.449 e. The van der Waals surface area contributed by atoms with Crippen LogP contribution in [0.2, 0.25) is 0 Å². The number of nitrogens with zero attached hydrogens (tertiary/aromatic N) is 3. The number of amides is 1. The number of anilines is 2. The van der Waals surface area contributed by atoms with Crippen molar-refractivity contribution in [1.29, 1.82) is 0 Å². The summed E-state index contributed by atoms with van der Waals surface area (Å²) in [6.07, 6.45) is -1.86. The van der Waals surface area contributed by atoms with Gasteiger partial charge < -0.3 is 14.4 Å². The van der Waals surface area contributed by atoms with E-state index in [0.29, 0.717) is 32.2 Å². The molecule has 1 aliphatic rings. The van der Waals surface area contributed by atoms with Crippen LogP contribution in [0.1, 0.15) is 39.2 Å². The van der Waals surface area contributed by atoms with Crippen molar-refractivity contribution in [2.75, 3.05) is 30.0 Å². The summed E-state index contributed by atoms with van der Waals surface area (Å²) in [4.78, 5) is 20.4. The van der Waals surface area contributed by atoms with E-state index >= 15 is 0 Å². The SMILES string of the molecule is CCCCOC(=O)Nc1cc(CN2CN(c3ccc(OC(F)(F)F)cc3)CC2(C)C)ccn1. The van der Waals surface area contributed by atoms with Gasteiger partial charge in [0.2, 0.25) is 0 Å². The number of rotatable bonds is 8. The maximum absolute atomic E-state index is 12.4. The smallest absolute Gasteiger partial charge is 0.449 e. The monoisotopic (exact) mass is 466 g/mol. The van der Waals surface area contributed by atoms with E-state index in [0.717, 1.165) is 24.1 Å². The zero-order chi connectivity index (χ0) is 24.1. The summed E-state index contributed by atoms with van der Waals surface area (Å²) in [5, 5.41) is 2.65. The van der Waals surface area contributed by atoms with Gasteiger partial charge in [-0.3, -0.25) is 10.2 Å².